The van der Waals surface area contributed by atoms with Gasteiger partial charge in [-0.05, 0) is 34.7 Å². The van der Waals surface area contributed by atoms with E-state index >= 15 is 0 Å². The molecule has 2 nitrogen and oxygen atoms in total. The van der Waals surface area contributed by atoms with Gasteiger partial charge in [0.2, 0.25) is 0 Å². The Balaban J connectivity index is 2.15. The number of Topliss-reactive ketones (excluding diaryl/α,β-unsaturated/α-hetero) is 1. The van der Waals surface area contributed by atoms with Gasteiger partial charge in [-0.3, -0.25) is 4.79 Å². The Kier molecular flexibility index (Phi) is 2.73. The first-order valence-electron chi connectivity index (χ1n) is 6.15. The fourth-order valence-electron chi connectivity index (χ4n) is 2.60. The summed E-state index contributed by atoms with van der Waals surface area (Å²) < 4.78 is 0. The van der Waals surface area contributed by atoms with Gasteiger partial charge in [0, 0.05) is 12.0 Å². The molecule has 18 heavy (non-hydrogen) atoms. The Morgan fingerprint density at radius 2 is 1.78 bits per heavy atom. The fraction of sp³-hybridized carbons (Fsp3) is 0.188. The zero-order valence-corrected chi connectivity index (χ0v) is 10.0. The maximum atomic E-state index is 11.7. The van der Waals surface area contributed by atoms with Gasteiger partial charge in [0.25, 0.3) is 0 Å². The predicted octanol–water partition coefficient (Wildman–Crippen LogP) is 2.97. The second kappa shape index (κ2) is 4.39. The smallest absolute Gasteiger partial charge is 0.163 e. The van der Waals surface area contributed by atoms with Crippen molar-refractivity contribution in [3.8, 4) is 11.1 Å². The Bertz CT molecular complexity index is 614. The van der Waals surface area contributed by atoms with Crippen molar-refractivity contribution >= 4 is 5.78 Å². The summed E-state index contributed by atoms with van der Waals surface area (Å²) in [5, 5.41) is 9.19. The van der Waals surface area contributed by atoms with E-state index in [4.69, 9.17) is 0 Å². The summed E-state index contributed by atoms with van der Waals surface area (Å²) in [6, 6.07) is 13.7. The zero-order chi connectivity index (χ0) is 12.5. The van der Waals surface area contributed by atoms with Crippen molar-refractivity contribution in [2.75, 3.05) is 0 Å². The molecule has 2 heteroatoms. The number of fused-ring (bicyclic) bond motifs is 1. The van der Waals surface area contributed by atoms with Crippen LogP contribution in [-0.2, 0) is 13.0 Å². The van der Waals surface area contributed by atoms with Gasteiger partial charge in [0.15, 0.2) is 5.78 Å². The molecule has 1 aliphatic carbocycles. The topological polar surface area (TPSA) is 37.3 Å². The molecular weight excluding hydrogens is 224 g/mol. The van der Waals surface area contributed by atoms with E-state index in [1.807, 2.05) is 42.5 Å². The molecule has 0 aliphatic heterocycles. The van der Waals surface area contributed by atoms with Gasteiger partial charge in [-0.2, -0.15) is 0 Å². The van der Waals surface area contributed by atoms with Crippen molar-refractivity contribution in [3.63, 3.8) is 0 Å². The van der Waals surface area contributed by atoms with E-state index in [0.29, 0.717) is 6.42 Å². The molecule has 2 aromatic rings. The fourth-order valence-corrected chi connectivity index (χ4v) is 2.60. The molecule has 0 amide bonds. The van der Waals surface area contributed by atoms with E-state index < -0.39 is 0 Å². The monoisotopic (exact) mass is 238 g/mol. The average Bonchev–Trinajstić information content (AvgIpc) is 2.81. The Morgan fingerprint density at radius 3 is 2.61 bits per heavy atom. The minimum absolute atomic E-state index is 0.0434. The third-order valence-electron chi connectivity index (χ3n) is 3.50. The first-order valence-corrected chi connectivity index (χ1v) is 6.15. The number of rotatable bonds is 2. The first-order chi connectivity index (χ1) is 8.79. The summed E-state index contributed by atoms with van der Waals surface area (Å²) in [5.41, 5.74) is 5.11. The number of benzene rings is 2. The summed E-state index contributed by atoms with van der Waals surface area (Å²) in [4.78, 5) is 11.7. The van der Waals surface area contributed by atoms with Gasteiger partial charge in [-0.15, -0.1) is 0 Å². The van der Waals surface area contributed by atoms with Crippen LogP contribution in [0.25, 0.3) is 11.1 Å². The molecule has 0 atom stereocenters. The largest absolute Gasteiger partial charge is 0.392 e. The molecule has 3 rings (SSSR count). The Morgan fingerprint density at radius 1 is 1.00 bits per heavy atom. The number of aliphatic hydroxyl groups is 1. The lowest BCUT2D eigenvalue weighted by Crippen LogP contribution is -1.93. The molecule has 0 spiro atoms. The molecule has 1 N–H and O–H groups in total. The molecule has 0 bridgehead atoms. The van der Waals surface area contributed by atoms with Crippen molar-refractivity contribution in [1.29, 1.82) is 0 Å². The van der Waals surface area contributed by atoms with Crippen LogP contribution in [0.3, 0.4) is 0 Å². The van der Waals surface area contributed by atoms with Gasteiger partial charge >= 0.3 is 0 Å². The summed E-state index contributed by atoms with van der Waals surface area (Å²) >= 11 is 0. The molecule has 2 aromatic carbocycles. The number of aliphatic hydroxyl groups excluding tert-OH is 1. The SMILES string of the molecule is O=C1CCc2c1cccc2-c1cccc(CO)c1. The van der Waals surface area contributed by atoms with Crippen LogP contribution < -0.4 is 0 Å². The zero-order valence-electron chi connectivity index (χ0n) is 10.0. The lowest BCUT2D eigenvalue weighted by atomic mass is 9.96. The highest BCUT2D eigenvalue weighted by molar-refractivity contribution is 6.02. The number of hydrogen-bond donors (Lipinski definition) is 1. The van der Waals surface area contributed by atoms with E-state index in [2.05, 4.69) is 0 Å². The van der Waals surface area contributed by atoms with Gasteiger partial charge in [-0.25, -0.2) is 0 Å². The molecule has 0 fully saturated rings. The van der Waals surface area contributed by atoms with Crippen LogP contribution in [-0.4, -0.2) is 10.9 Å². The van der Waals surface area contributed by atoms with Crippen molar-refractivity contribution in [2.45, 2.75) is 19.4 Å². The number of carbonyl (C=O) groups excluding carboxylic acids is 1. The lowest BCUT2D eigenvalue weighted by Gasteiger charge is -2.09. The van der Waals surface area contributed by atoms with Crippen molar-refractivity contribution in [1.82, 2.24) is 0 Å². The molecule has 0 aromatic heterocycles. The molecule has 0 saturated heterocycles. The van der Waals surface area contributed by atoms with E-state index in [-0.39, 0.29) is 12.4 Å². The molecule has 1 aliphatic rings. The maximum Gasteiger partial charge on any atom is 0.163 e. The minimum Gasteiger partial charge on any atom is -0.392 e. The molecule has 0 unspecified atom stereocenters. The highest BCUT2D eigenvalue weighted by Crippen LogP contribution is 2.32. The quantitative estimate of drug-likeness (QED) is 0.873. The number of ketones is 1. The highest BCUT2D eigenvalue weighted by Gasteiger charge is 2.22. The molecule has 90 valence electrons. The summed E-state index contributed by atoms with van der Waals surface area (Å²) in [7, 11) is 0. The van der Waals surface area contributed by atoms with Crippen LogP contribution in [0.1, 0.15) is 27.9 Å². The summed E-state index contributed by atoms with van der Waals surface area (Å²) in [5.74, 6) is 0.241. The predicted molar refractivity (Wildman–Crippen MR) is 70.5 cm³/mol. The van der Waals surface area contributed by atoms with E-state index in [9.17, 15) is 9.90 Å². The van der Waals surface area contributed by atoms with Gasteiger partial charge in [0.1, 0.15) is 0 Å². The molecule has 0 radical (unpaired) electrons. The van der Waals surface area contributed by atoms with Crippen molar-refractivity contribution in [2.24, 2.45) is 0 Å². The van der Waals surface area contributed by atoms with Crippen LogP contribution in [0.5, 0.6) is 0 Å². The minimum atomic E-state index is 0.0434. The van der Waals surface area contributed by atoms with E-state index in [1.54, 1.807) is 0 Å². The standard InChI is InChI=1S/C16H14O2/c17-10-11-3-1-4-12(9-11)13-5-2-6-15-14(13)7-8-16(15)18/h1-6,9,17H,7-8,10H2. The Hall–Kier alpha value is -1.93. The van der Waals surface area contributed by atoms with Crippen LogP contribution in [0.2, 0.25) is 0 Å². The lowest BCUT2D eigenvalue weighted by molar-refractivity contribution is 0.0994. The van der Waals surface area contributed by atoms with Crippen LogP contribution in [0.4, 0.5) is 0 Å². The average molecular weight is 238 g/mol. The van der Waals surface area contributed by atoms with Crippen LogP contribution in [0, 0.1) is 0 Å². The second-order valence-electron chi connectivity index (χ2n) is 4.61. The maximum absolute atomic E-state index is 11.7. The van der Waals surface area contributed by atoms with E-state index in [1.165, 1.54) is 0 Å². The number of carbonyl (C=O) groups is 1. The van der Waals surface area contributed by atoms with Crippen LogP contribution >= 0.6 is 0 Å². The molecule has 0 heterocycles. The highest BCUT2D eigenvalue weighted by atomic mass is 16.3. The summed E-state index contributed by atoms with van der Waals surface area (Å²) in [6.45, 7) is 0.0434. The van der Waals surface area contributed by atoms with Gasteiger partial charge in [-0.1, -0.05) is 36.4 Å². The third kappa shape index (κ3) is 1.75. The van der Waals surface area contributed by atoms with Gasteiger partial charge in [0.05, 0.1) is 6.61 Å². The third-order valence-corrected chi connectivity index (χ3v) is 3.50. The van der Waals surface area contributed by atoms with E-state index in [0.717, 1.165) is 34.2 Å². The molecule has 0 saturated carbocycles. The first kappa shape index (κ1) is 11.2. The van der Waals surface area contributed by atoms with Crippen molar-refractivity contribution in [3.05, 3.63) is 59.2 Å². The van der Waals surface area contributed by atoms with Crippen molar-refractivity contribution < 1.29 is 9.90 Å². The Labute approximate surface area is 106 Å². The molecular formula is C16H14O2. The normalized spacial score (nSPS) is 13.7. The number of hydrogen-bond acceptors (Lipinski definition) is 2. The summed E-state index contributed by atoms with van der Waals surface area (Å²) in [6.07, 6.45) is 1.44. The van der Waals surface area contributed by atoms with Crippen LogP contribution in [0.15, 0.2) is 42.5 Å². The second-order valence-corrected chi connectivity index (χ2v) is 4.61. The van der Waals surface area contributed by atoms with Gasteiger partial charge < -0.3 is 5.11 Å².